The third-order valence-electron chi connectivity index (χ3n) is 1.90. The van der Waals surface area contributed by atoms with Gasteiger partial charge in [-0.3, -0.25) is 4.79 Å². The lowest BCUT2D eigenvalue weighted by Crippen LogP contribution is -2.22. The van der Waals surface area contributed by atoms with Crippen LogP contribution in [0.25, 0.3) is 6.08 Å². The van der Waals surface area contributed by atoms with Crippen LogP contribution in [0, 0.1) is 0 Å². The Balaban J connectivity index is 2.82. The molecule has 0 fully saturated rings. The van der Waals surface area contributed by atoms with Gasteiger partial charge in [-0.05, 0) is 24.6 Å². The molecule has 0 spiro atoms. The van der Waals surface area contributed by atoms with Gasteiger partial charge >= 0.3 is 0 Å². The second kappa shape index (κ2) is 5.98. The molecule has 1 rings (SSSR count). The largest absolute Gasteiger partial charge is 0.392 e. The Bertz CT molecular complexity index is 358. The molecule has 0 unspecified atom stereocenters. The summed E-state index contributed by atoms with van der Waals surface area (Å²) in [5.74, 6) is -0.0725. The summed E-state index contributed by atoms with van der Waals surface area (Å²) in [4.78, 5) is 11.5. The zero-order valence-corrected chi connectivity index (χ0v) is 8.73. The number of hydrogen-bond donors (Lipinski definition) is 2. The molecule has 0 heterocycles. The van der Waals surface area contributed by atoms with Gasteiger partial charge in [0.1, 0.15) is 0 Å². The minimum absolute atomic E-state index is 0.00534. The van der Waals surface area contributed by atoms with E-state index in [2.05, 4.69) is 5.32 Å². The fourth-order valence-corrected chi connectivity index (χ4v) is 1.23. The van der Waals surface area contributed by atoms with Crippen LogP contribution in [0.2, 0.25) is 0 Å². The van der Waals surface area contributed by atoms with E-state index < -0.39 is 0 Å². The van der Waals surface area contributed by atoms with Crippen molar-refractivity contribution in [2.24, 2.45) is 0 Å². The normalized spacial score (nSPS) is 10.5. The third kappa shape index (κ3) is 3.56. The number of amides is 1. The standard InChI is InChI=1S/C12H15NO2/c1-2-13-12(15)11-7-3-5-10(9-11)6-4-8-14/h3-7,9,14H,2,8H2,1H3,(H,13,15)/b6-4+. The van der Waals surface area contributed by atoms with E-state index in [4.69, 9.17) is 5.11 Å². The number of aliphatic hydroxyl groups is 1. The highest BCUT2D eigenvalue weighted by Crippen LogP contribution is 2.06. The molecule has 0 aromatic heterocycles. The Hall–Kier alpha value is -1.61. The summed E-state index contributed by atoms with van der Waals surface area (Å²) < 4.78 is 0. The van der Waals surface area contributed by atoms with Crippen molar-refractivity contribution in [3.05, 3.63) is 41.5 Å². The molecule has 1 aromatic carbocycles. The Morgan fingerprint density at radius 3 is 3.00 bits per heavy atom. The molecule has 3 nitrogen and oxygen atoms in total. The van der Waals surface area contributed by atoms with Crippen LogP contribution >= 0.6 is 0 Å². The quantitative estimate of drug-likeness (QED) is 0.781. The van der Waals surface area contributed by atoms with E-state index in [1.165, 1.54) is 0 Å². The van der Waals surface area contributed by atoms with Crippen LogP contribution in [0.1, 0.15) is 22.8 Å². The van der Waals surface area contributed by atoms with Crippen LogP contribution in [-0.2, 0) is 0 Å². The average molecular weight is 205 g/mol. The molecule has 1 amide bonds. The maximum atomic E-state index is 11.5. The molecular weight excluding hydrogens is 190 g/mol. The van der Waals surface area contributed by atoms with Crippen LogP contribution in [-0.4, -0.2) is 24.2 Å². The third-order valence-corrected chi connectivity index (χ3v) is 1.90. The molecule has 0 saturated heterocycles. The number of aliphatic hydroxyl groups excluding tert-OH is 1. The first-order valence-corrected chi connectivity index (χ1v) is 4.93. The smallest absolute Gasteiger partial charge is 0.251 e. The number of rotatable bonds is 4. The fraction of sp³-hybridized carbons (Fsp3) is 0.250. The minimum Gasteiger partial charge on any atom is -0.392 e. The summed E-state index contributed by atoms with van der Waals surface area (Å²) in [7, 11) is 0. The maximum absolute atomic E-state index is 11.5. The molecule has 0 radical (unpaired) electrons. The first kappa shape index (κ1) is 11.5. The molecule has 2 N–H and O–H groups in total. The molecule has 0 bridgehead atoms. The SMILES string of the molecule is CCNC(=O)c1cccc(/C=C/CO)c1. The van der Waals surface area contributed by atoms with Gasteiger partial charge in [0, 0.05) is 12.1 Å². The average Bonchev–Trinajstić information content (AvgIpc) is 2.27. The first-order valence-electron chi connectivity index (χ1n) is 4.93. The summed E-state index contributed by atoms with van der Waals surface area (Å²) >= 11 is 0. The Labute approximate surface area is 89.4 Å². The summed E-state index contributed by atoms with van der Waals surface area (Å²) in [6.07, 6.45) is 3.42. The highest BCUT2D eigenvalue weighted by molar-refractivity contribution is 5.94. The van der Waals surface area contributed by atoms with Gasteiger partial charge in [0.2, 0.25) is 0 Å². The van der Waals surface area contributed by atoms with Crippen LogP contribution in [0.4, 0.5) is 0 Å². The van der Waals surface area contributed by atoms with Crippen molar-refractivity contribution < 1.29 is 9.90 Å². The van der Waals surface area contributed by atoms with Crippen molar-refractivity contribution in [2.75, 3.05) is 13.2 Å². The van der Waals surface area contributed by atoms with Gasteiger partial charge in [0.15, 0.2) is 0 Å². The molecule has 1 aromatic rings. The Morgan fingerprint density at radius 2 is 2.33 bits per heavy atom. The van der Waals surface area contributed by atoms with Crippen molar-refractivity contribution in [2.45, 2.75) is 6.92 Å². The van der Waals surface area contributed by atoms with Crippen molar-refractivity contribution in [1.82, 2.24) is 5.32 Å². The van der Waals surface area contributed by atoms with Crippen LogP contribution in [0.5, 0.6) is 0 Å². The van der Waals surface area contributed by atoms with E-state index >= 15 is 0 Å². The summed E-state index contributed by atoms with van der Waals surface area (Å²) in [6.45, 7) is 2.51. The van der Waals surface area contributed by atoms with Gasteiger partial charge in [-0.2, -0.15) is 0 Å². The lowest BCUT2D eigenvalue weighted by molar-refractivity contribution is 0.0956. The monoisotopic (exact) mass is 205 g/mol. The number of nitrogens with one attached hydrogen (secondary N) is 1. The van der Waals surface area contributed by atoms with Crippen LogP contribution in [0.3, 0.4) is 0 Å². The predicted octanol–water partition coefficient (Wildman–Crippen LogP) is 1.44. The van der Waals surface area contributed by atoms with Crippen LogP contribution in [0.15, 0.2) is 30.3 Å². The topological polar surface area (TPSA) is 49.3 Å². The van der Waals surface area contributed by atoms with Gasteiger partial charge in [-0.25, -0.2) is 0 Å². The highest BCUT2D eigenvalue weighted by atomic mass is 16.2. The number of hydrogen-bond acceptors (Lipinski definition) is 2. The van der Waals surface area contributed by atoms with E-state index in [0.717, 1.165) is 5.56 Å². The fourth-order valence-electron chi connectivity index (χ4n) is 1.23. The molecule has 0 atom stereocenters. The molecular formula is C12H15NO2. The highest BCUT2D eigenvalue weighted by Gasteiger charge is 2.02. The predicted molar refractivity (Wildman–Crippen MR) is 60.6 cm³/mol. The number of carbonyl (C=O) groups excluding carboxylic acids is 1. The molecule has 15 heavy (non-hydrogen) atoms. The van der Waals surface area contributed by atoms with Gasteiger partial charge in [-0.15, -0.1) is 0 Å². The van der Waals surface area contributed by atoms with Crippen LogP contribution < -0.4 is 5.32 Å². The number of benzene rings is 1. The molecule has 0 aliphatic carbocycles. The van der Waals surface area contributed by atoms with Crippen molar-refractivity contribution in [3.8, 4) is 0 Å². The Morgan fingerprint density at radius 1 is 1.53 bits per heavy atom. The minimum atomic E-state index is -0.0725. The zero-order chi connectivity index (χ0) is 11.1. The zero-order valence-electron chi connectivity index (χ0n) is 8.73. The van der Waals surface area contributed by atoms with Gasteiger partial charge in [0.05, 0.1) is 6.61 Å². The van der Waals surface area contributed by atoms with Gasteiger partial charge in [0.25, 0.3) is 5.91 Å². The molecule has 0 saturated carbocycles. The van der Waals surface area contributed by atoms with Gasteiger partial charge in [-0.1, -0.05) is 24.3 Å². The Kier molecular flexibility index (Phi) is 4.57. The van der Waals surface area contributed by atoms with E-state index in [1.54, 1.807) is 24.3 Å². The van der Waals surface area contributed by atoms with Crippen molar-refractivity contribution >= 4 is 12.0 Å². The molecule has 0 aliphatic heterocycles. The molecule has 3 heteroatoms. The first-order chi connectivity index (χ1) is 7.27. The van der Waals surface area contributed by atoms with E-state index in [0.29, 0.717) is 12.1 Å². The number of carbonyl (C=O) groups is 1. The lowest BCUT2D eigenvalue weighted by Gasteiger charge is -2.02. The second-order valence-corrected chi connectivity index (χ2v) is 3.07. The second-order valence-electron chi connectivity index (χ2n) is 3.07. The van der Waals surface area contributed by atoms with Crippen molar-refractivity contribution in [3.63, 3.8) is 0 Å². The van der Waals surface area contributed by atoms with Crippen molar-refractivity contribution in [1.29, 1.82) is 0 Å². The maximum Gasteiger partial charge on any atom is 0.251 e. The van der Waals surface area contributed by atoms with Gasteiger partial charge < -0.3 is 10.4 Å². The van der Waals surface area contributed by atoms with E-state index in [-0.39, 0.29) is 12.5 Å². The summed E-state index contributed by atoms with van der Waals surface area (Å²) in [6, 6.07) is 7.26. The summed E-state index contributed by atoms with van der Waals surface area (Å²) in [5, 5.41) is 11.4. The molecule has 0 aliphatic rings. The van der Waals surface area contributed by atoms with E-state index in [9.17, 15) is 4.79 Å². The van der Waals surface area contributed by atoms with E-state index in [1.807, 2.05) is 19.1 Å². The summed E-state index contributed by atoms with van der Waals surface area (Å²) in [5.41, 5.74) is 1.55. The lowest BCUT2D eigenvalue weighted by atomic mass is 10.1. The molecule has 80 valence electrons.